The molecule has 0 spiro atoms. The maximum Gasteiger partial charge on any atom is 0.247 e. The number of thioether (sulfide) groups is 1. The van der Waals surface area contributed by atoms with Gasteiger partial charge in [0.15, 0.2) is 5.16 Å². The van der Waals surface area contributed by atoms with Crippen LogP contribution in [0.5, 0.6) is 0 Å². The molecule has 5 nitrogen and oxygen atoms in total. The van der Waals surface area contributed by atoms with Gasteiger partial charge in [0.2, 0.25) is 11.8 Å². The Morgan fingerprint density at radius 1 is 1.04 bits per heavy atom. The summed E-state index contributed by atoms with van der Waals surface area (Å²) < 4.78 is 7.86. The van der Waals surface area contributed by atoms with Crippen LogP contribution in [0.4, 0.5) is 0 Å². The number of rotatable bonds is 4. The molecule has 23 heavy (non-hydrogen) atoms. The molecule has 0 fully saturated rings. The summed E-state index contributed by atoms with van der Waals surface area (Å²) in [5, 5.41) is 9.25. The third-order valence-electron chi connectivity index (χ3n) is 3.50. The first-order valence-corrected chi connectivity index (χ1v) is 8.17. The van der Waals surface area contributed by atoms with Crippen LogP contribution >= 0.6 is 11.8 Å². The summed E-state index contributed by atoms with van der Waals surface area (Å²) in [6, 6.07) is 15.8. The third kappa shape index (κ3) is 2.73. The van der Waals surface area contributed by atoms with E-state index in [0.29, 0.717) is 11.8 Å². The zero-order chi connectivity index (χ0) is 15.6. The van der Waals surface area contributed by atoms with Gasteiger partial charge in [0.25, 0.3) is 0 Å². The van der Waals surface area contributed by atoms with Crippen LogP contribution in [0.2, 0.25) is 0 Å². The average molecular weight is 322 g/mol. The summed E-state index contributed by atoms with van der Waals surface area (Å²) in [5.41, 5.74) is 1.99. The van der Waals surface area contributed by atoms with E-state index in [9.17, 15) is 0 Å². The molecule has 3 aromatic heterocycles. The van der Waals surface area contributed by atoms with Crippen molar-refractivity contribution < 1.29 is 4.42 Å². The van der Waals surface area contributed by atoms with Gasteiger partial charge in [-0.3, -0.25) is 4.40 Å². The fourth-order valence-electron chi connectivity index (χ4n) is 2.31. The summed E-state index contributed by atoms with van der Waals surface area (Å²) in [5.74, 6) is 1.14. The molecule has 4 aromatic rings. The molecule has 6 heteroatoms. The number of aromatic nitrogens is 4. The minimum Gasteiger partial charge on any atom is -0.419 e. The summed E-state index contributed by atoms with van der Waals surface area (Å²) in [6.07, 6.45) is 3.86. The Labute approximate surface area is 137 Å². The summed E-state index contributed by atoms with van der Waals surface area (Å²) in [6.45, 7) is 2.04. The van der Waals surface area contributed by atoms with Gasteiger partial charge in [-0.25, -0.2) is 4.98 Å². The molecule has 4 rings (SSSR count). The van der Waals surface area contributed by atoms with E-state index >= 15 is 0 Å². The number of pyridine rings is 1. The van der Waals surface area contributed by atoms with Crippen molar-refractivity contribution in [1.82, 2.24) is 19.6 Å². The number of nitrogens with zero attached hydrogens (tertiary/aromatic N) is 4. The van der Waals surface area contributed by atoms with Crippen LogP contribution < -0.4 is 0 Å². The summed E-state index contributed by atoms with van der Waals surface area (Å²) in [7, 11) is 0. The number of hydrogen-bond donors (Lipinski definition) is 0. The Hall–Kier alpha value is -2.60. The van der Waals surface area contributed by atoms with Gasteiger partial charge in [-0.1, -0.05) is 36.0 Å². The molecular weight excluding hydrogens is 308 g/mol. The van der Waals surface area contributed by atoms with Gasteiger partial charge >= 0.3 is 0 Å². The molecule has 0 saturated carbocycles. The first-order chi connectivity index (χ1) is 11.3. The van der Waals surface area contributed by atoms with Crippen LogP contribution in [-0.2, 0) is 0 Å². The molecule has 0 amide bonds. The van der Waals surface area contributed by atoms with Gasteiger partial charge in [-0.05, 0) is 31.2 Å². The predicted molar refractivity (Wildman–Crippen MR) is 89.2 cm³/mol. The van der Waals surface area contributed by atoms with E-state index in [1.165, 1.54) is 0 Å². The molecular formula is C17H14N4OS. The third-order valence-corrected chi connectivity index (χ3v) is 4.56. The van der Waals surface area contributed by atoms with E-state index in [1.54, 1.807) is 11.8 Å². The second-order valence-corrected chi connectivity index (χ2v) is 6.42. The van der Waals surface area contributed by atoms with Crippen molar-refractivity contribution >= 4 is 17.3 Å². The first kappa shape index (κ1) is 14.0. The van der Waals surface area contributed by atoms with Gasteiger partial charge in [-0.15, -0.1) is 10.2 Å². The number of hydrogen-bond acceptors (Lipinski definition) is 5. The predicted octanol–water partition coefficient (Wildman–Crippen LogP) is 4.24. The Morgan fingerprint density at radius 2 is 1.87 bits per heavy atom. The molecule has 1 atom stereocenters. The smallest absolute Gasteiger partial charge is 0.247 e. The van der Waals surface area contributed by atoms with Gasteiger partial charge in [-0.2, -0.15) is 0 Å². The van der Waals surface area contributed by atoms with E-state index in [0.717, 1.165) is 16.2 Å². The first-order valence-electron chi connectivity index (χ1n) is 7.29. The molecule has 0 N–H and O–H groups in total. The van der Waals surface area contributed by atoms with Crippen molar-refractivity contribution in [2.45, 2.75) is 17.3 Å². The van der Waals surface area contributed by atoms with Crippen LogP contribution in [0, 0.1) is 0 Å². The molecule has 1 aromatic carbocycles. The maximum absolute atomic E-state index is 5.81. The number of imidazole rings is 1. The van der Waals surface area contributed by atoms with E-state index < -0.39 is 0 Å². The monoisotopic (exact) mass is 322 g/mol. The molecule has 0 aliphatic carbocycles. The Bertz CT molecular complexity index is 932. The zero-order valence-electron chi connectivity index (χ0n) is 12.5. The molecule has 0 saturated heterocycles. The highest BCUT2D eigenvalue weighted by Gasteiger charge is 2.18. The quantitative estimate of drug-likeness (QED) is 0.526. The van der Waals surface area contributed by atoms with Crippen LogP contribution in [0.3, 0.4) is 0 Å². The van der Waals surface area contributed by atoms with E-state index in [-0.39, 0.29) is 5.25 Å². The zero-order valence-corrected chi connectivity index (χ0v) is 13.3. The lowest BCUT2D eigenvalue weighted by Gasteiger charge is -2.05. The largest absolute Gasteiger partial charge is 0.419 e. The van der Waals surface area contributed by atoms with Gasteiger partial charge in [0.05, 0.1) is 17.0 Å². The van der Waals surface area contributed by atoms with Gasteiger partial charge < -0.3 is 4.42 Å². The average Bonchev–Trinajstić information content (AvgIpc) is 3.24. The van der Waals surface area contributed by atoms with Gasteiger partial charge in [0.1, 0.15) is 0 Å². The van der Waals surface area contributed by atoms with Crippen LogP contribution in [0.25, 0.3) is 17.0 Å². The molecule has 114 valence electrons. The second-order valence-electron chi connectivity index (χ2n) is 5.11. The lowest BCUT2D eigenvalue weighted by atomic mass is 10.2. The normalized spacial score (nSPS) is 12.6. The number of fused-ring (bicyclic) bond motifs is 1. The summed E-state index contributed by atoms with van der Waals surface area (Å²) >= 11 is 1.60. The van der Waals surface area contributed by atoms with E-state index in [4.69, 9.17) is 4.42 Å². The lowest BCUT2D eigenvalue weighted by molar-refractivity contribution is 0.509. The lowest BCUT2D eigenvalue weighted by Crippen LogP contribution is -1.92. The minimum absolute atomic E-state index is 0.0192. The van der Waals surface area contributed by atoms with Crippen molar-refractivity contribution in [3.8, 4) is 11.5 Å². The molecule has 0 aliphatic rings. The standard InChI is InChI=1S/C17H14N4OS/c1-12(23-17-18-11-14-9-5-6-10-21(14)17)15-19-20-16(22-15)13-7-3-2-4-8-13/h2-12H,1H3. The van der Waals surface area contributed by atoms with E-state index in [2.05, 4.69) is 19.6 Å². The SMILES string of the molecule is CC(Sc1ncc2ccccn12)c1nnc(-c2ccccc2)o1. The Kier molecular flexibility index (Phi) is 3.59. The molecule has 1 unspecified atom stereocenters. The fraction of sp³-hybridized carbons (Fsp3) is 0.118. The maximum atomic E-state index is 5.81. The molecule has 0 bridgehead atoms. The fourth-order valence-corrected chi connectivity index (χ4v) is 3.22. The highest BCUT2D eigenvalue weighted by molar-refractivity contribution is 7.99. The van der Waals surface area contributed by atoms with Crippen LogP contribution in [0.1, 0.15) is 18.1 Å². The Balaban J connectivity index is 1.58. The van der Waals surface area contributed by atoms with Crippen LogP contribution in [-0.4, -0.2) is 19.6 Å². The minimum atomic E-state index is 0.0192. The molecule has 3 heterocycles. The molecule has 0 aliphatic heterocycles. The van der Waals surface area contributed by atoms with Crippen LogP contribution in [0.15, 0.2) is 70.5 Å². The highest BCUT2D eigenvalue weighted by atomic mass is 32.2. The molecule has 0 radical (unpaired) electrons. The second kappa shape index (κ2) is 5.89. The highest BCUT2D eigenvalue weighted by Crippen LogP contribution is 2.34. The van der Waals surface area contributed by atoms with Crippen molar-refractivity contribution in [2.75, 3.05) is 0 Å². The summed E-state index contributed by atoms with van der Waals surface area (Å²) in [4.78, 5) is 4.46. The number of benzene rings is 1. The van der Waals surface area contributed by atoms with Crippen molar-refractivity contribution in [3.63, 3.8) is 0 Å². The topological polar surface area (TPSA) is 56.2 Å². The van der Waals surface area contributed by atoms with Crippen molar-refractivity contribution in [1.29, 1.82) is 0 Å². The van der Waals surface area contributed by atoms with E-state index in [1.807, 2.05) is 67.8 Å². The van der Waals surface area contributed by atoms with Gasteiger partial charge in [0, 0.05) is 11.8 Å². The Morgan fingerprint density at radius 3 is 2.74 bits per heavy atom. The van der Waals surface area contributed by atoms with Crippen molar-refractivity contribution in [2.24, 2.45) is 0 Å². The van der Waals surface area contributed by atoms with Crippen molar-refractivity contribution in [3.05, 3.63) is 66.8 Å².